The molecule has 1 aromatic rings. The Hall–Kier alpha value is -1.28. The van der Waals surface area contributed by atoms with Gasteiger partial charge in [0.2, 0.25) is 0 Å². The lowest BCUT2D eigenvalue weighted by Gasteiger charge is -2.43. The van der Waals surface area contributed by atoms with Crippen molar-refractivity contribution in [3.63, 3.8) is 0 Å². The maximum Gasteiger partial charge on any atom is 0.124 e. The fourth-order valence-corrected chi connectivity index (χ4v) is 2.63. The first-order valence-electron chi connectivity index (χ1n) is 5.47. The zero-order chi connectivity index (χ0) is 10.3. The van der Waals surface area contributed by atoms with Crippen LogP contribution in [-0.4, -0.2) is 6.61 Å². The minimum Gasteiger partial charge on any atom is -0.493 e. The molecule has 15 heavy (non-hydrogen) atoms. The second kappa shape index (κ2) is 3.11. The van der Waals surface area contributed by atoms with Crippen LogP contribution in [0.4, 0.5) is 0 Å². The van der Waals surface area contributed by atoms with Crippen LogP contribution in [-0.2, 0) is 5.54 Å². The fraction of sp³-hybridized carbons (Fsp3) is 0.385. The number of allylic oxidation sites excluding steroid dienone is 1. The molecule has 1 heterocycles. The zero-order valence-electron chi connectivity index (χ0n) is 8.65. The maximum absolute atomic E-state index is 6.54. The van der Waals surface area contributed by atoms with Gasteiger partial charge in [-0.15, -0.1) is 0 Å². The largest absolute Gasteiger partial charge is 0.493 e. The van der Waals surface area contributed by atoms with E-state index in [0.29, 0.717) is 5.92 Å². The van der Waals surface area contributed by atoms with Crippen molar-refractivity contribution in [1.82, 2.24) is 0 Å². The van der Waals surface area contributed by atoms with Crippen molar-refractivity contribution in [2.24, 2.45) is 11.7 Å². The molecule has 2 aliphatic rings. The number of rotatable bonds is 0. The van der Waals surface area contributed by atoms with Crippen molar-refractivity contribution in [1.29, 1.82) is 0 Å². The molecule has 2 N–H and O–H groups in total. The first-order valence-corrected chi connectivity index (χ1v) is 5.47. The maximum atomic E-state index is 6.54. The van der Waals surface area contributed by atoms with Crippen molar-refractivity contribution >= 4 is 0 Å². The van der Waals surface area contributed by atoms with E-state index in [1.807, 2.05) is 18.2 Å². The van der Waals surface area contributed by atoms with Crippen LogP contribution in [0, 0.1) is 5.92 Å². The lowest BCUT2D eigenvalue weighted by molar-refractivity contribution is 0.128. The van der Waals surface area contributed by atoms with Gasteiger partial charge in [0.05, 0.1) is 12.1 Å². The van der Waals surface area contributed by atoms with E-state index in [-0.39, 0.29) is 5.54 Å². The molecule has 0 aromatic heterocycles. The van der Waals surface area contributed by atoms with Crippen molar-refractivity contribution in [3.8, 4) is 5.75 Å². The Morgan fingerprint density at radius 2 is 2.13 bits per heavy atom. The summed E-state index contributed by atoms with van der Waals surface area (Å²) in [6, 6.07) is 8.15. The third-order valence-electron chi connectivity index (χ3n) is 3.60. The van der Waals surface area contributed by atoms with Gasteiger partial charge < -0.3 is 10.5 Å². The number of benzene rings is 1. The number of hydrogen-bond acceptors (Lipinski definition) is 2. The summed E-state index contributed by atoms with van der Waals surface area (Å²) in [4.78, 5) is 0. The minimum atomic E-state index is -0.205. The average molecular weight is 201 g/mol. The molecule has 2 atom stereocenters. The molecule has 1 aromatic carbocycles. The molecule has 1 aliphatic carbocycles. The lowest BCUT2D eigenvalue weighted by Crippen LogP contribution is -2.50. The van der Waals surface area contributed by atoms with Crippen LogP contribution in [0.3, 0.4) is 0 Å². The number of hydrogen-bond donors (Lipinski definition) is 1. The number of fused-ring (bicyclic) bond motifs is 3. The highest BCUT2D eigenvalue weighted by Crippen LogP contribution is 2.44. The van der Waals surface area contributed by atoms with Gasteiger partial charge >= 0.3 is 0 Å². The van der Waals surface area contributed by atoms with E-state index in [1.165, 1.54) is 5.56 Å². The first kappa shape index (κ1) is 8.98. The molecule has 2 nitrogen and oxygen atoms in total. The van der Waals surface area contributed by atoms with Crippen molar-refractivity contribution in [2.45, 2.75) is 18.4 Å². The summed E-state index contributed by atoms with van der Waals surface area (Å²) in [5.74, 6) is 1.39. The van der Waals surface area contributed by atoms with Gasteiger partial charge in [0.25, 0.3) is 0 Å². The molecule has 0 radical (unpaired) electrons. The molecule has 0 bridgehead atoms. The average Bonchev–Trinajstić information content (AvgIpc) is 2.29. The summed E-state index contributed by atoms with van der Waals surface area (Å²) < 4.78 is 5.74. The fourth-order valence-electron chi connectivity index (χ4n) is 2.63. The zero-order valence-corrected chi connectivity index (χ0v) is 8.65. The Labute approximate surface area is 89.7 Å². The molecule has 2 unspecified atom stereocenters. The summed E-state index contributed by atoms with van der Waals surface area (Å²) in [7, 11) is 0. The SMILES string of the molecule is NC12CC=CCC1COc1ccccc12. The third kappa shape index (κ3) is 1.21. The van der Waals surface area contributed by atoms with Crippen LogP contribution in [0.15, 0.2) is 36.4 Å². The summed E-state index contributed by atoms with van der Waals surface area (Å²) >= 11 is 0. The van der Waals surface area contributed by atoms with Crippen LogP contribution in [0.5, 0.6) is 5.75 Å². The van der Waals surface area contributed by atoms with E-state index in [9.17, 15) is 0 Å². The standard InChI is InChI=1S/C13H15NO/c14-13-8-4-3-5-10(13)9-15-12-7-2-1-6-11(12)13/h1-4,6-7,10H,5,8-9,14H2. The second-order valence-corrected chi connectivity index (χ2v) is 4.46. The predicted octanol–water partition coefficient (Wildman–Crippen LogP) is 2.20. The number of nitrogens with two attached hydrogens (primary N) is 1. The quantitative estimate of drug-likeness (QED) is 0.653. The normalized spacial score (nSPS) is 32.7. The molecule has 2 heteroatoms. The molecule has 1 aliphatic heterocycles. The first-order chi connectivity index (χ1) is 7.31. The van der Waals surface area contributed by atoms with Gasteiger partial charge in [0.15, 0.2) is 0 Å². The second-order valence-electron chi connectivity index (χ2n) is 4.46. The molecule has 0 saturated carbocycles. The lowest BCUT2D eigenvalue weighted by atomic mass is 9.71. The van der Waals surface area contributed by atoms with Gasteiger partial charge in [-0.1, -0.05) is 30.4 Å². The van der Waals surface area contributed by atoms with Gasteiger partial charge in [-0.25, -0.2) is 0 Å². The van der Waals surface area contributed by atoms with E-state index in [0.717, 1.165) is 25.2 Å². The van der Waals surface area contributed by atoms with Crippen molar-refractivity contribution in [2.75, 3.05) is 6.61 Å². The highest BCUT2D eigenvalue weighted by atomic mass is 16.5. The Morgan fingerprint density at radius 3 is 3.07 bits per heavy atom. The van der Waals surface area contributed by atoms with Crippen molar-refractivity contribution < 1.29 is 4.74 Å². The molecular weight excluding hydrogens is 186 g/mol. The summed E-state index contributed by atoms with van der Waals surface area (Å²) in [6.45, 7) is 0.748. The highest BCUT2D eigenvalue weighted by molar-refractivity contribution is 5.42. The van der Waals surface area contributed by atoms with Crippen LogP contribution in [0.1, 0.15) is 18.4 Å². The third-order valence-corrected chi connectivity index (χ3v) is 3.60. The number of para-hydroxylation sites is 1. The van der Waals surface area contributed by atoms with Gasteiger partial charge in [0.1, 0.15) is 5.75 Å². The molecule has 3 rings (SSSR count). The Kier molecular flexibility index (Phi) is 1.86. The van der Waals surface area contributed by atoms with E-state index in [2.05, 4.69) is 18.2 Å². The van der Waals surface area contributed by atoms with Gasteiger partial charge in [-0.05, 0) is 18.9 Å². The molecular formula is C13H15NO. The van der Waals surface area contributed by atoms with E-state index in [1.54, 1.807) is 0 Å². The van der Waals surface area contributed by atoms with E-state index >= 15 is 0 Å². The van der Waals surface area contributed by atoms with Gasteiger partial charge in [-0.3, -0.25) is 0 Å². The number of ether oxygens (including phenoxy) is 1. The smallest absolute Gasteiger partial charge is 0.124 e. The van der Waals surface area contributed by atoms with Crippen molar-refractivity contribution in [3.05, 3.63) is 42.0 Å². The molecule has 0 spiro atoms. The summed E-state index contributed by atoms with van der Waals surface area (Å²) in [5, 5.41) is 0. The molecule has 78 valence electrons. The van der Waals surface area contributed by atoms with Crippen LogP contribution < -0.4 is 10.5 Å². The topological polar surface area (TPSA) is 35.2 Å². The summed E-state index contributed by atoms with van der Waals surface area (Å²) in [6.07, 6.45) is 6.37. The predicted molar refractivity (Wildman–Crippen MR) is 59.7 cm³/mol. The molecule has 0 saturated heterocycles. The van der Waals surface area contributed by atoms with E-state index in [4.69, 9.17) is 10.5 Å². The van der Waals surface area contributed by atoms with Crippen LogP contribution in [0.25, 0.3) is 0 Å². The van der Waals surface area contributed by atoms with Crippen LogP contribution >= 0.6 is 0 Å². The Morgan fingerprint density at radius 1 is 1.27 bits per heavy atom. The monoisotopic (exact) mass is 201 g/mol. The highest BCUT2D eigenvalue weighted by Gasteiger charge is 2.42. The molecule has 0 fully saturated rings. The molecule has 0 amide bonds. The summed E-state index contributed by atoms with van der Waals surface area (Å²) in [5.41, 5.74) is 7.51. The minimum absolute atomic E-state index is 0.205. The van der Waals surface area contributed by atoms with Gasteiger partial charge in [0, 0.05) is 11.5 Å². The van der Waals surface area contributed by atoms with Gasteiger partial charge in [-0.2, -0.15) is 0 Å². The Balaban J connectivity index is 2.13. The Bertz CT molecular complexity index is 413. The van der Waals surface area contributed by atoms with E-state index < -0.39 is 0 Å². The van der Waals surface area contributed by atoms with Crippen LogP contribution in [0.2, 0.25) is 0 Å².